The van der Waals surface area contributed by atoms with Crippen molar-refractivity contribution >= 4 is 29.3 Å². The Labute approximate surface area is 161 Å². The summed E-state index contributed by atoms with van der Waals surface area (Å²) < 4.78 is 4.92. The molecule has 0 aromatic heterocycles. The summed E-state index contributed by atoms with van der Waals surface area (Å²) in [6.45, 7) is 1.11. The van der Waals surface area contributed by atoms with Crippen molar-refractivity contribution in [3.05, 3.63) is 45.0 Å². The Bertz CT molecular complexity index is 738. The number of carbonyl (C=O) groups excluding carboxylic acids is 3. The summed E-state index contributed by atoms with van der Waals surface area (Å²) in [7, 11) is 0. The van der Waals surface area contributed by atoms with Crippen LogP contribution in [0.3, 0.4) is 0 Å². The summed E-state index contributed by atoms with van der Waals surface area (Å²) in [6, 6.07) is 7.02. The average Bonchev–Trinajstić information content (AvgIpc) is 2.85. The minimum atomic E-state index is -0.732. The van der Waals surface area contributed by atoms with Gasteiger partial charge in [-0.2, -0.15) is 0 Å². The van der Waals surface area contributed by atoms with Crippen LogP contribution < -0.4 is 5.32 Å². The third kappa shape index (κ3) is 6.02. The first-order chi connectivity index (χ1) is 12.8. The molecule has 2 rings (SSSR count). The molecule has 1 aromatic carbocycles. The largest absolute Gasteiger partial charge is 0.456 e. The number of nitro groups is 1. The van der Waals surface area contributed by atoms with E-state index in [1.165, 1.54) is 0 Å². The SMILES string of the molecule is C[C@@H]1CC(=O)[C@H](CC(=O)OCC(=O)NCc2ccccc2Cl)[C@@H]1C[N+](=O)[O-]. The zero-order chi connectivity index (χ0) is 20.0. The fourth-order valence-corrected chi connectivity index (χ4v) is 3.47. The maximum absolute atomic E-state index is 12.0. The molecule has 9 heteroatoms. The summed E-state index contributed by atoms with van der Waals surface area (Å²) in [5, 5.41) is 13.9. The molecule has 27 heavy (non-hydrogen) atoms. The lowest BCUT2D eigenvalue weighted by molar-refractivity contribution is -0.490. The van der Waals surface area contributed by atoms with Crippen LogP contribution in [0.2, 0.25) is 5.02 Å². The molecule has 1 aromatic rings. The fraction of sp³-hybridized carbons (Fsp3) is 0.500. The second-order valence-electron chi connectivity index (χ2n) is 6.67. The van der Waals surface area contributed by atoms with Gasteiger partial charge in [-0.05, 0) is 17.5 Å². The van der Waals surface area contributed by atoms with E-state index in [4.69, 9.17) is 16.3 Å². The zero-order valence-corrected chi connectivity index (χ0v) is 15.6. The number of carbonyl (C=O) groups is 3. The predicted octanol–water partition coefficient (Wildman–Crippen LogP) is 2.01. The molecule has 0 saturated heterocycles. The number of halogens is 1. The van der Waals surface area contributed by atoms with Gasteiger partial charge >= 0.3 is 5.97 Å². The maximum Gasteiger partial charge on any atom is 0.307 e. The first kappa shape index (κ1) is 20.8. The van der Waals surface area contributed by atoms with Gasteiger partial charge in [0.05, 0.1) is 6.42 Å². The molecule has 8 nitrogen and oxygen atoms in total. The van der Waals surface area contributed by atoms with Crippen molar-refractivity contribution in [2.24, 2.45) is 17.8 Å². The van der Waals surface area contributed by atoms with E-state index < -0.39 is 35.2 Å². The standard InChI is InChI=1S/C18H21ClN2O6/c1-11-6-16(22)13(14(11)9-21(25)26)7-18(24)27-10-17(23)20-8-12-4-2-3-5-15(12)19/h2-5,11,13-14H,6-10H2,1H3,(H,20,23)/t11-,13-,14-/m1/s1. The van der Waals surface area contributed by atoms with Crippen LogP contribution in [-0.4, -0.2) is 35.7 Å². The van der Waals surface area contributed by atoms with Crippen molar-refractivity contribution in [3.63, 3.8) is 0 Å². The van der Waals surface area contributed by atoms with Gasteiger partial charge in [-0.25, -0.2) is 0 Å². The third-order valence-electron chi connectivity index (χ3n) is 4.73. The Kier molecular flexibility index (Phi) is 7.29. The van der Waals surface area contributed by atoms with Crippen LogP contribution in [0.5, 0.6) is 0 Å². The lowest BCUT2D eigenvalue weighted by Crippen LogP contribution is -2.30. The molecule has 1 aliphatic rings. The number of ketones is 1. The molecule has 1 aliphatic carbocycles. The second kappa shape index (κ2) is 9.45. The second-order valence-corrected chi connectivity index (χ2v) is 7.07. The highest BCUT2D eigenvalue weighted by molar-refractivity contribution is 6.31. The maximum atomic E-state index is 12.0. The summed E-state index contributed by atoms with van der Waals surface area (Å²) in [4.78, 5) is 46.1. The molecule has 0 aliphatic heterocycles. The van der Waals surface area contributed by atoms with Crippen LogP contribution in [0.15, 0.2) is 24.3 Å². The quantitative estimate of drug-likeness (QED) is 0.408. The Balaban J connectivity index is 1.79. The average molecular weight is 397 g/mol. The molecule has 1 saturated carbocycles. The molecule has 1 amide bonds. The number of nitrogens with zero attached hydrogens (tertiary/aromatic N) is 1. The van der Waals surface area contributed by atoms with Gasteiger partial charge in [0.1, 0.15) is 5.78 Å². The Hall–Kier alpha value is -2.48. The molecule has 0 spiro atoms. The fourth-order valence-electron chi connectivity index (χ4n) is 3.27. The first-order valence-electron chi connectivity index (χ1n) is 8.58. The Morgan fingerprint density at radius 2 is 2.07 bits per heavy atom. The number of esters is 1. The van der Waals surface area contributed by atoms with E-state index in [9.17, 15) is 24.5 Å². The number of ether oxygens (including phenoxy) is 1. The van der Waals surface area contributed by atoms with Crippen molar-refractivity contribution in [2.45, 2.75) is 26.3 Å². The number of rotatable bonds is 8. The number of benzene rings is 1. The van der Waals surface area contributed by atoms with Gasteiger partial charge in [0.15, 0.2) is 6.61 Å². The van der Waals surface area contributed by atoms with Crippen molar-refractivity contribution in [3.8, 4) is 0 Å². The van der Waals surface area contributed by atoms with Crippen LogP contribution in [0.1, 0.15) is 25.3 Å². The van der Waals surface area contributed by atoms with Gasteiger partial charge in [0.2, 0.25) is 6.54 Å². The smallest absolute Gasteiger partial charge is 0.307 e. The van der Waals surface area contributed by atoms with Crippen molar-refractivity contribution in [1.82, 2.24) is 5.32 Å². The first-order valence-corrected chi connectivity index (χ1v) is 8.96. The molecule has 3 atom stereocenters. The lowest BCUT2D eigenvalue weighted by atomic mass is 9.88. The normalized spacial score (nSPS) is 21.7. The Morgan fingerprint density at radius 3 is 2.74 bits per heavy atom. The molecule has 0 bridgehead atoms. The summed E-state index contributed by atoms with van der Waals surface area (Å²) >= 11 is 5.99. The molecular weight excluding hydrogens is 376 g/mol. The van der Waals surface area contributed by atoms with E-state index in [1.807, 2.05) is 0 Å². The van der Waals surface area contributed by atoms with Crippen LogP contribution >= 0.6 is 11.6 Å². The van der Waals surface area contributed by atoms with Crippen molar-refractivity contribution in [2.75, 3.05) is 13.2 Å². The van der Waals surface area contributed by atoms with Gasteiger partial charge in [-0.1, -0.05) is 36.7 Å². The van der Waals surface area contributed by atoms with E-state index in [-0.39, 0.29) is 37.6 Å². The highest BCUT2D eigenvalue weighted by Gasteiger charge is 2.44. The van der Waals surface area contributed by atoms with Crippen molar-refractivity contribution in [1.29, 1.82) is 0 Å². The summed E-state index contributed by atoms with van der Waals surface area (Å²) in [6.07, 6.45) is -0.0335. The molecule has 1 N–H and O–H groups in total. The van der Waals surface area contributed by atoms with Crippen molar-refractivity contribution < 1.29 is 24.0 Å². The minimum absolute atomic E-state index is 0.153. The summed E-state index contributed by atoms with van der Waals surface area (Å²) in [5.74, 6) is -2.77. The highest BCUT2D eigenvalue weighted by atomic mass is 35.5. The van der Waals surface area contributed by atoms with Crippen LogP contribution in [0, 0.1) is 27.9 Å². The van der Waals surface area contributed by atoms with Gasteiger partial charge in [0, 0.05) is 34.7 Å². The van der Waals surface area contributed by atoms with E-state index in [2.05, 4.69) is 5.32 Å². The summed E-state index contributed by atoms with van der Waals surface area (Å²) in [5.41, 5.74) is 0.729. The molecule has 0 unspecified atom stereocenters. The van der Waals surface area contributed by atoms with Crippen LogP contribution in [0.25, 0.3) is 0 Å². The topological polar surface area (TPSA) is 116 Å². The molecule has 0 heterocycles. The van der Waals surface area contributed by atoms with Crippen LogP contribution in [-0.2, 0) is 25.7 Å². The number of hydrogen-bond donors (Lipinski definition) is 1. The highest BCUT2D eigenvalue weighted by Crippen LogP contribution is 2.36. The number of amides is 1. The third-order valence-corrected chi connectivity index (χ3v) is 5.10. The molecule has 0 radical (unpaired) electrons. The number of Topliss-reactive ketones (excluding diaryl/α,β-unsaturated/α-hetero) is 1. The molecule has 1 fully saturated rings. The molecule has 146 valence electrons. The number of hydrogen-bond acceptors (Lipinski definition) is 6. The zero-order valence-electron chi connectivity index (χ0n) is 14.9. The Morgan fingerprint density at radius 1 is 1.37 bits per heavy atom. The van der Waals surface area contributed by atoms with Crippen LogP contribution in [0.4, 0.5) is 0 Å². The van der Waals surface area contributed by atoms with Gasteiger partial charge in [-0.3, -0.25) is 24.5 Å². The van der Waals surface area contributed by atoms with Gasteiger partial charge < -0.3 is 10.1 Å². The van der Waals surface area contributed by atoms with E-state index in [0.29, 0.717) is 5.02 Å². The van der Waals surface area contributed by atoms with Gasteiger partial charge in [0.25, 0.3) is 5.91 Å². The number of nitrogens with one attached hydrogen (secondary N) is 1. The van der Waals surface area contributed by atoms with E-state index >= 15 is 0 Å². The predicted molar refractivity (Wildman–Crippen MR) is 96.5 cm³/mol. The monoisotopic (exact) mass is 396 g/mol. The van der Waals surface area contributed by atoms with E-state index in [0.717, 1.165) is 5.56 Å². The molecular formula is C18H21ClN2O6. The van der Waals surface area contributed by atoms with Gasteiger partial charge in [-0.15, -0.1) is 0 Å². The lowest BCUT2D eigenvalue weighted by Gasteiger charge is -2.17. The minimum Gasteiger partial charge on any atom is -0.456 e. The van der Waals surface area contributed by atoms with E-state index in [1.54, 1.807) is 31.2 Å².